The number of aromatic nitrogens is 1. The van der Waals surface area contributed by atoms with Crippen molar-refractivity contribution in [3.63, 3.8) is 0 Å². The van der Waals surface area contributed by atoms with Crippen LogP contribution in [0.2, 0.25) is 0 Å². The summed E-state index contributed by atoms with van der Waals surface area (Å²) in [6, 6.07) is 14.9. The van der Waals surface area contributed by atoms with E-state index in [0.29, 0.717) is 30.0 Å². The fourth-order valence-electron chi connectivity index (χ4n) is 5.07. The third-order valence-electron chi connectivity index (χ3n) is 6.39. The fraction of sp³-hybridized carbons (Fsp3) is 0.500. The van der Waals surface area contributed by atoms with Gasteiger partial charge in [-0.3, -0.25) is 4.79 Å². The Bertz CT molecular complexity index is 826. The second-order valence-electron chi connectivity index (χ2n) is 8.15. The largest absolute Gasteiger partial charge is 0.477 e. The molecule has 0 N–H and O–H groups in total. The molecule has 0 radical (unpaired) electrons. The van der Waals surface area contributed by atoms with Crippen LogP contribution in [-0.4, -0.2) is 59.5 Å². The summed E-state index contributed by atoms with van der Waals surface area (Å²) >= 11 is 0. The molecular formula is C24H31N3O2. The smallest absolute Gasteiger partial charge is 0.259 e. The summed E-state index contributed by atoms with van der Waals surface area (Å²) in [5, 5.41) is 0. The van der Waals surface area contributed by atoms with Crippen LogP contribution in [0.1, 0.15) is 54.4 Å². The number of pyridine rings is 1. The van der Waals surface area contributed by atoms with E-state index in [4.69, 9.17) is 4.74 Å². The Morgan fingerprint density at radius 2 is 1.97 bits per heavy atom. The molecule has 0 aliphatic carbocycles. The van der Waals surface area contributed by atoms with Crippen LogP contribution in [0, 0.1) is 0 Å². The predicted molar refractivity (Wildman–Crippen MR) is 114 cm³/mol. The van der Waals surface area contributed by atoms with Gasteiger partial charge in [-0.25, -0.2) is 4.98 Å². The number of carbonyl (C=O) groups excluding carboxylic acids is 1. The van der Waals surface area contributed by atoms with E-state index < -0.39 is 0 Å². The standard InChI is InChI=1S/C24H31N3O2/c1-3-29-23-19(13-10-15-25-23)24(28)27-17-20(18-11-6-4-7-12-18)22-21(27)14-8-5-9-16-26(22)2/h4,6-7,10-13,15,20-22H,3,5,8-9,14,16-17H2,1-2H3/t20-,21+,22-/m0/s1. The number of carbonyl (C=O) groups is 1. The van der Waals surface area contributed by atoms with E-state index in [-0.39, 0.29) is 11.9 Å². The first-order valence-electron chi connectivity index (χ1n) is 10.8. The molecule has 3 atom stereocenters. The molecule has 0 unspecified atom stereocenters. The number of rotatable bonds is 4. The Morgan fingerprint density at radius 1 is 1.14 bits per heavy atom. The molecule has 0 bridgehead atoms. The minimum absolute atomic E-state index is 0.0453. The molecule has 2 saturated heterocycles. The van der Waals surface area contributed by atoms with Gasteiger partial charge in [0.2, 0.25) is 5.88 Å². The number of hydrogen-bond acceptors (Lipinski definition) is 4. The quantitative estimate of drug-likeness (QED) is 0.789. The van der Waals surface area contributed by atoms with Gasteiger partial charge in [0.25, 0.3) is 5.91 Å². The van der Waals surface area contributed by atoms with E-state index in [2.05, 4.69) is 52.2 Å². The lowest BCUT2D eigenvalue weighted by Gasteiger charge is -2.37. The van der Waals surface area contributed by atoms with Gasteiger partial charge in [0.05, 0.1) is 6.61 Å². The highest BCUT2D eigenvalue weighted by Crippen LogP contribution is 2.39. The zero-order valence-electron chi connectivity index (χ0n) is 17.5. The molecular weight excluding hydrogens is 362 g/mol. The van der Waals surface area contributed by atoms with Crippen molar-refractivity contribution in [3.05, 3.63) is 59.8 Å². The van der Waals surface area contributed by atoms with Crippen LogP contribution < -0.4 is 4.74 Å². The number of benzene rings is 1. The van der Waals surface area contributed by atoms with Crippen molar-refractivity contribution in [2.45, 2.75) is 50.6 Å². The van der Waals surface area contributed by atoms with Gasteiger partial charge in [0.1, 0.15) is 5.56 Å². The van der Waals surface area contributed by atoms with E-state index in [1.54, 1.807) is 6.20 Å². The average molecular weight is 394 g/mol. The van der Waals surface area contributed by atoms with Gasteiger partial charge < -0.3 is 14.5 Å². The summed E-state index contributed by atoms with van der Waals surface area (Å²) in [5.41, 5.74) is 1.90. The molecule has 2 fully saturated rings. The molecule has 1 aromatic carbocycles. The zero-order valence-corrected chi connectivity index (χ0v) is 17.5. The first-order valence-corrected chi connectivity index (χ1v) is 10.8. The highest BCUT2D eigenvalue weighted by molar-refractivity contribution is 5.97. The number of likely N-dealkylation sites (tertiary alicyclic amines) is 2. The number of hydrogen-bond donors (Lipinski definition) is 0. The molecule has 3 heterocycles. The summed E-state index contributed by atoms with van der Waals surface area (Å²) in [4.78, 5) is 22.6. The maximum Gasteiger partial charge on any atom is 0.259 e. The molecule has 5 heteroatoms. The minimum atomic E-state index is 0.0453. The highest BCUT2D eigenvalue weighted by Gasteiger charge is 2.46. The van der Waals surface area contributed by atoms with Gasteiger partial charge in [0.15, 0.2) is 0 Å². The molecule has 2 aliphatic rings. The first-order chi connectivity index (χ1) is 14.2. The summed E-state index contributed by atoms with van der Waals surface area (Å²) in [6.07, 6.45) is 6.36. The molecule has 1 amide bonds. The summed E-state index contributed by atoms with van der Waals surface area (Å²) in [5.74, 6) is 0.809. The van der Waals surface area contributed by atoms with Crippen molar-refractivity contribution in [1.82, 2.24) is 14.8 Å². The maximum atomic E-state index is 13.7. The number of ether oxygens (including phenoxy) is 1. The van der Waals surface area contributed by atoms with Crippen molar-refractivity contribution in [3.8, 4) is 5.88 Å². The van der Waals surface area contributed by atoms with E-state index in [0.717, 1.165) is 19.5 Å². The lowest BCUT2D eigenvalue weighted by atomic mass is 9.87. The Hall–Kier alpha value is -2.40. The second-order valence-corrected chi connectivity index (χ2v) is 8.15. The molecule has 0 spiro atoms. The summed E-state index contributed by atoms with van der Waals surface area (Å²) in [6.45, 7) is 4.25. The van der Waals surface area contributed by atoms with Crippen LogP contribution in [0.4, 0.5) is 0 Å². The topological polar surface area (TPSA) is 45.7 Å². The molecule has 0 saturated carbocycles. The zero-order chi connectivity index (χ0) is 20.2. The third-order valence-corrected chi connectivity index (χ3v) is 6.39. The van der Waals surface area contributed by atoms with E-state index >= 15 is 0 Å². The Labute approximate surface area is 173 Å². The van der Waals surface area contributed by atoms with Crippen LogP contribution in [0.3, 0.4) is 0 Å². The predicted octanol–water partition coefficient (Wildman–Crippen LogP) is 3.96. The molecule has 2 aliphatic heterocycles. The van der Waals surface area contributed by atoms with Crippen LogP contribution in [0.25, 0.3) is 0 Å². The van der Waals surface area contributed by atoms with Crippen molar-refractivity contribution < 1.29 is 9.53 Å². The van der Waals surface area contributed by atoms with Gasteiger partial charge in [-0.2, -0.15) is 0 Å². The third kappa shape index (κ3) is 4.01. The van der Waals surface area contributed by atoms with Crippen LogP contribution in [0.5, 0.6) is 5.88 Å². The molecule has 154 valence electrons. The maximum absolute atomic E-state index is 13.7. The summed E-state index contributed by atoms with van der Waals surface area (Å²) < 4.78 is 5.66. The van der Waals surface area contributed by atoms with Crippen molar-refractivity contribution in [2.75, 3.05) is 26.7 Å². The van der Waals surface area contributed by atoms with Gasteiger partial charge >= 0.3 is 0 Å². The summed E-state index contributed by atoms with van der Waals surface area (Å²) in [7, 11) is 2.22. The van der Waals surface area contributed by atoms with Crippen molar-refractivity contribution >= 4 is 5.91 Å². The van der Waals surface area contributed by atoms with Crippen molar-refractivity contribution in [2.24, 2.45) is 0 Å². The van der Waals surface area contributed by atoms with E-state index in [1.165, 1.54) is 24.8 Å². The van der Waals surface area contributed by atoms with Gasteiger partial charge in [0, 0.05) is 30.7 Å². The lowest BCUT2D eigenvalue weighted by molar-refractivity contribution is 0.0664. The number of nitrogens with zero attached hydrogens (tertiary/aromatic N) is 3. The Morgan fingerprint density at radius 3 is 2.76 bits per heavy atom. The van der Waals surface area contributed by atoms with E-state index in [1.807, 2.05) is 19.1 Å². The normalized spacial score (nSPS) is 25.2. The molecule has 2 aromatic rings. The van der Waals surface area contributed by atoms with Gasteiger partial charge in [-0.15, -0.1) is 0 Å². The highest BCUT2D eigenvalue weighted by atomic mass is 16.5. The van der Waals surface area contributed by atoms with Crippen LogP contribution >= 0.6 is 0 Å². The monoisotopic (exact) mass is 393 g/mol. The number of likely N-dealkylation sites (N-methyl/N-ethyl adjacent to an activating group) is 1. The first kappa shape index (κ1) is 19.9. The SMILES string of the molecule is CCOc1ncccc1C(=O)N1C[C@@H](c2ccccc2)[C@H]2[C@H]1CCCCCN2C. The van der Waals surface area contributed by atoms with Crippen molar-refractivity contribution in [1.29, 1.82) is 0 Å². The minimum Gasteiger partial charge on any atom is -0.477 e. The molecule has 4 rings (SSSR count). The number of fused-ring (bicyclic) bond motifs is 1. The van der Waals surface area contributed by atoms with Crippen LogP contribution in [0.15, 0.2) is 48.7 Å². The Balaban J connectivity index is 1.70. The van der Waals surface area contributed by atoms with Gasteiger partial charge in [-0.1, -0.05) is 43.2 Å². The number of amides is 1. The van der Waals surface area contributed by atoms with E-state index in [9.17, 15) is 4.79 Å². The molecule has 29 heavy (non-hydrogen) atoms. The van der Waals surface area contributed by atoms with Crippen LogP contribution in [-0.2, 0) is 0 Å². The van der Waals surface area contributed by atoms with Gasteiger partial charge in [-0.05, 0) is 51.1 Å². The lowest BCUT2D eigenvalue weighted by Crippen LogP contribution is -2.47. The fourth-order valence-corrected chi connectivity index (χ4v) is 5.07. The molecule has 1 aromatic heterocycles. The second kappa shape index (κ2) is 8.95. The molecule has 5 nitrogen and oxygen atoms in total. The Kier molecular flexibility index (Phi) is 6.14. The average Bonchev–Trinajstić information content (AvgIpc) is 3.11.